The maximum Gasteiger partial charge on any atom is 0.460 e. The number of alkyl halides is 17. The van der Waals surface area contributed by atoms with Crippen molar-refractivity contribution in [2.24, 2.45) is 0 Å². The molecular formula is C10H3F17O11S2. The van der Waals surface area contributed by atoms with Crippen LogP contribution in [0.3, 0.4) is 0 Å². The molecule has 0 bridgehead atoms. The molecule has 0 heterocycles. The van der Waals surface area contributed by atoms with Crippen LogP contribution in [-0.2, 0) is 39.2 Å². The summed E-state index contributed by atoms with van der Waals surface area (Å²) in [5.41, 5.74) is 0. The molecule has 2 atom stereocenters. The van der Waals surface area contributed by atoms with Crippen LogP contribution in [0.4, 0.5) is 74.6 Å². The lowest BCUT2D eigenvalue weighted by Crippen LogP contribution is -2.70. The van der Waals surface area contributed by atoms with E-state index in [1.165, 1.54) is 14.2 Å². The van der Waals surface area contributed by atoms with Crippen LogP contribution in [-0.4, -0.2) is 89.8 Å². The molecule has 3 N–H and O–H groups in total. The number of hydrogen-bond donors (Lipinski definition) is 3. The summed E-state index contributed by atoms with van der Waals surface area (Å²) < 4.78 is 288. The molecule has 2 unspecified atom stereocenters. The first-order valence-electron chi connectivity index (χ1n) is 7.81. The fraction of sp³-hybridized carbons (Fsp3) is 0.900. The van der Waals surface area contributed by atoms with Crippen LogP contribution in [0.5, 0.6) is 0 Å². The first-order chi connectivity index (χ1) is 16.8. The lowest BCUT2D eigenvalue weighted by atomic mass is 10.2. The minimum Gasteiger partial charge on any atom is -0.477 e. The summed E-state index contributed by atoms with van der Waals surface area (Å²) in [5, 5.41) is -7.39. The maximum absolute atomic E-state index is 14.6. The van der Waals surface area contributed by atoms with Crippen molar-refractivity contribution < 1.29 is 125 Å². The van der Waals surface area contributed by atoms with Gasteiger partial charge >= 0.3 is 79.0 Å². The van der Waals surface area contributed by atoms with Crippen molar-refractivity contribution in [2.75, 3.05) is 0 Å². The van der Waals surface area contributed by atoms with E-state index in [4.69, 9.17) is 14.2 Å². The quantitative estimate of drug-likeness (QED) is 0.192. The van der Waals surface area contributed by atoms with Crippen molar-refractivity contribution >= 4 is 26.2 Å². The molecule has 0 aliphatic rings. The highest BCUT2D eigenvalue weighted by atomic mass is 32.2. The van der Waals surface area contributed by atoms with Gasteiger partial charge in [-0.2, -0.15) is 91.5 Å². The molecule has 30 heteroatoms. The van der Waals surface area contributed by atoms with E-state index in [1.807, 2.05) is 0 Å². The van der Waals surface area contributed by atoms with Crippen molar-refractivity contribution in [2.45, 2.75) is 52.8 Å². The van der Waals surface area contributed by atoms with Gasteiger partial charge in [-0.15, -0.1) is 0 Å². The first-order valence-corrected chi connectivity index (χ1v) is 10.7. The molecule has 0 radical (unpaired) electrons. The van der Waals surface area contributed by atoms with Gasteiger partial charge in [0.05, 0.1) is 0 Å². The van der Waals surface area contributed by atoms with Gasteiger partial charge in [-0.05, 0) is 0 Å². The Balaban J connectivity index is 7.58. The molecule has 0 aromatic carbocycles. The second-order valence-corrected chi connectivity index (χ2v) is 9.28. The molecule has 0 aromatic heterocycles. The number of aliphatic carboxylic acids is 1. The fourth-order valence-electron chi connectivity index (χ4n) is 1.58. The molecule has 0 rings (SSSR count). The van der Waals surface area contributed by atoms with Crippen molar-refractivity contribution in [3.63, 3.8) is 0 Å². The third-order valence-corrected chi connectivity index (χ3v) is 5.28. The zero-order valence-electron chi connectivity index (χ0n) is 16.8. The molecule has 40 heavy (non-hydrogen) atoms. The second-order valence-electron chi connectivity index (χ2n) is 6.35. The average molecular weight is 686 g/mol. The number of carboxylic acid groups (broad SMARTS) is 1. The van der Waals surface area contributed by atoms with Crippen LogP contribution in [0.2, 0.25) is 0 Å². The normalized spacial score (nSPS) is 18.7. The van der Waals surface area contributed by atoms with Crippen LogP contribution in [0.25, 0.3) is 0 Å². The highest BCUT2D eigenvalue weighted by Crippen LogP contribution is 2.57. The summed E-state index contributed by atoms with van der Waals surface area (Å²) >= 11 is 0. The Morgan fingerprint density at radius 1 is 0.500 bits per heavy atom. The van der Waals surface area contributed by atoms with E-state index in [0.717, 1.165) is 0 Å². The summed E-state index contributed by atoms with van der Waals surface area (Å²) in [6.07, 6.45) is -40.8. The molecule has 0 amide bonds. The number of carbonyl (C=O) groups is 1. The minimum absolute atomic E-state index is 1.22. The molecule has 0 fully saturated rings. The topological polar surface area (TPSA) is 174 Å². The summed E-state index contributed by atoms with van der Waals surface area (Å²) in [5.74, 6) is -20.6. The highest BCUT2D eigenvalue weighted by molar-refractivity contribution is 7.87. The smallest absolute Gasteiger partial charge is 0.460 e. The zero-order valence-corrected chi connectivity index (χ0v) is 18.5. The molecular weight excluding hydrogens is 683 g/mol. The standard InChI is InChI=1S/C10H3F17O11S2/c11-2(1(28)29,4(13,14)15)36-5(16,17)3(12,37-7(20,21)9(24,25)39(30,31)32)6(18,19)38-8(22,23)10(26,27)40(33,34)35/h(H,28,29)(H,30,31,32)(H,33,34,35). The monoisotopic (exact) mass is 686 g/mol. The van der Waals surface area contributed by atoms with Gasteiger partial charge in [0.1, 0.15) is 0 Å². The van der Waals surface area contributed by atoms with Gasteiger partial charge in [-0.3, -0.25) is 18.6 Å². The van der Waals surface area contributed by atoms with Gasteiger partial charge in [0, 0.05) is 0 Å². The Morgan fingerprint density at radius 2 is 0.775 bits per heavy atom. The third kappa shape index (κ3) is 6.10. The summed E-state index contributed by atoms with van der Waals surface area (Å²) in [4.78, 5) is 10.3. The van der Waals surface area contributed by atoms with E-state index in [1.54, 1.807) is 0 Å². The molecule has 0 aliphatic heterocycles. The second kappa shape index (κ2) is 9.78. The summed E-state index contributed by atoms with van der Waals surface area (Å²) in [6, 6.07) is 0. The van der Waals surface area contributed by atoms with E-state index in [2.05, 4.69) is 0 Å². The van der Waals surface area contributed by atoms with Crippen LogP contribution < -0.4 is 0 Å². The molecule has 11 nitrogen and oxygen atoms in total. The van der Waals surface area contributed by atoms with Crippen molar-refractivity contribution in [1.82, 2.24) is 0 Å². The Hall–Kier alpha value is -2.02. The average Bonchev–Trinajstić information content (AvgIpc) is 2.62. The maximum atomic E-state index is 14.6. The van der Waals surface area contributed by atoms with E-state index < -0.39 is 79.0 Å². The molecule has 0 aromatic rings. The lowest BCUT2D eigenvalue weighted by Gasteiger charge is -2.42. The van der Waals surface area contributed by atoms with Crippen LogP contribution in [0.1, 0.15) is 0 Å². The van der Waals surface area contributed by atoms with Gasteiger partial charge < -0.3 is 5.11 Å². The Morgan fingerprint density at radius 3 is 1.02 bits per heavy atom. The minimum atomic E-state index is -8.70. The van der Waals surface area contributed by atoms with Gasteiger partial charge in [-0.1, -0.05) is 0 Å². The number of ether oxygens (including phenoxy) is 3. The van der Waals surface area contributed by atoms with Gasteiger partial charge in [0.2, 0.25) is 0 Å². The lowest BCUT2D eigenvalue weighted by molar-refractivity contribution is -0.566. The Bertz CT molecular complexity index is 1200. The van der Waals surface area contributed by atoms with Crippen LogP contribution >= 0.6 is 0 Å². The molecule has 0 aliphatic carbocycles. The number of rotatable bonds is 13. The fourth-order valence-corrected chi connectivity index (χ4v) is 2.26. The molecule has 240 valence electrons. The zero-order chi connectivity index (χ0) is 33.2. The molecule has 0 saturated heterocycles. The number of carboxylic acids is 1. The summed E-state index contributed by atoms with van der Waals surface area (Å²) in [7, 11) is -15.8. The molecule has 0 saturated carbocycles. The predicted molar refractivity (Wildman–Crippen MR) is 77.4 cm³/mol. The first kappa shape index (κ1) is 38.0. The summed E-state index contributed by atoms with van der Waals surface area (Å²) in [6.45, 7) is 0. The number of hydrogen-bond acceptors (Lipinski definition) is 8. The number of halogens is 17. The van der Waals surface area contributed by atoms with Gasteiger partial charge in [0.25, 0.3) is 0 Å². The highest BCUT2D eigenvalue weighted by Gasteiger charge is 2.86. The predicted octanol–water partition coefficient (Wildman–Crippen LogP) is 3.35. The van der Waals surface area contributed by atoms with Crippen molar-refractivity contribution in [3.05, 3.63) is 0 Å². The third-order valence-electron chi connectivity index (χ3n) is 3.51. The van der Waals surface area contributed by atoms with E-state index in [9.17, 15) is 96.3 Å². The SMILES string of the molecule is O=C(O)C(F)(OC(F)(F)C(F)(OC(F)(F)C(F)(F)S(=O)(=O)O)C(F)(F)OC(F)(F)C(F)(F)S(=O)(=O)O)C(F)(F)F. The largest absolute Gasteiger partial charge is 0.477 e. The van der Waals surface area contributed by atoms with Crippen LogP contribution in [0, 0.1) is 0 Å². The Labute approximate surface area is 204 Å². The van der Waals surface area contributed by atoms with Gasteiger partial charge in [0.15, 0.2) is 0 Å². The Kier molecular flexibility index (Phi) is 9.28. The molecule has 0 spiro atoms. The van der Waals surface area contributed by atoms with Gasteiger partial charge in [-0.25, -0.2) is 9.53 Å². The van der Waals surface area contributed by atoms with E-state index in [-0.39, 0.29) is 0 Å². The van der Waals surface area contributed by atoms with Crippen molar-refractivity contribution in [3.8, 4) is 0 Å². The van der Waals surface area contributed by atoms with E-state index in [0.29, 0.717) is 0 Å². The van der Waals surface area contributed by atoms with Crippen LogP contribution in [0.15, 0.2) is 0 Å². The van der Waals surface area contributed by atoms with E-state index >= 15 is 0 Å². The van der Waals surface area contributed by atoms with Crippen molar-refractivity contribution in [1.29, 1.82) is 0 Å².